The topological polar surface area (TPSA) is 37.4 Å². The summed E-state index contributed by atoms with van der Waals surface area (Å²) in [4.78, 5) is 0. The van der Waals surface area contributed by atoms with Crippen LogP contribution in [0.15, 0.2) is 0 Å². The van der Waals surface area contributed by atoms with Gasteiger partial charge in [0, 0.05) is 6.54 Å². The fraction of sp³-hybridized carbons (Fsp3) is 1.00. The lowest BCUT2D eigenvalue weighted by molar-refractivity contribution is -0.137. The van der Waals surface area contributed by atoms with E-state index >= 15 is 0 Å². The second-order valence-electron chi connectivity index (χ2n) is 6.20. The Morgan fingerprint density at radius 1 is 1.15 bits per heavy atom. The molecule has 7 heteroatoms. The first-order chi connectivity index (χ1) is 8.99. The van der Waals surface area contributed by atoms with E-state index in [4.69, 9.17) is 0 Å². The smallest absolute Gasteiger partial charge is 0.213 e. The molecule has 0 heterocycles. The Morgan fingerprint density at radius 2 is 1.65 bits per heavy atom. The molecular formula is C13H24F3NO2S. The predicted octanol–water partition coefficient (Wildman–Crippen LogP) is 3.27. The molecule has 0 atom stereocenters. The van der Waals surface area contributed by atoms with Crippen LogP contribution in [0, 0.1) is 17.8 Å². The SMILES string of the molecule is CC(C)C1CCC(CN(CC(F)(F)F)S(C)(=O)=O)CC1. The maximum Gasteiger partial charge on any atom is 0.402 e. The fourth-order valence-electron chi connectivity index (χ4n) is 2.84. The quantitative estimate of drug-likeness (QED) is 0.781. The average molecular weight is 315 g/mol. The summed E-state index contributed by atoms with van der Waals surface area (Å²) in [6.07, 6.45) is -0.0615. The van der Waals surface area contributed by atoms with Crippen molar-refractivity contribution in [2.75, 3.05) is 19.3 Å². The van der Waals surface area contributed by atoms with Crippen LogP contribution < -0.4 is 0 Å². The molecular weight excluding hydrogens is 291 g/mol. The molecule has 0 aromatic carbocycles. The molecule has 0 radical (unpaired) electrons. The highest BCUT2D eigenvalue weighted by molar-refractivity contribution is 7.88. The summed E-state index contributed by atoms with van der Waals surface area (Å²) in [5.41, 5.74) is 0. The number of halogens is 3. The highest BCUT2D eigenvalue weighted by Gasteiger charge is 2.36. The van der Waals surface area contributed by atoms with Crippen LogP contribution in [-0.2, 0) is 10.0 Å². The van der Waals surface area contributed by atoms with Crippen molar-refractivity contribution < 1.29 is 21.6 Å². The van der Waals surface area contributed by atoms with Gasteiger partial charge in [0.05, 0.1) is 6.26 Å². The fourth-order valence-corrected chi connectivity index (χ4v) is 3.71. The van der Waals surface area contributed by atoms with Gasteiger partial charge in [0.1, 0.15) is 6.54 Å². The van der Waals surface area contributed by atoms with Crippen LogP contribution in [0.1, 0.15) is 39.5 Å². The first-order valence-corrected chi connectivity index (χ1v) is 8.85. The second-order valence-corrected chi connectivity index (χ2v) is 8.18. The molecule has 120 valence electrons. The number of rotatable bonds is 5. The van der Waals surface area contributed by atoms with E-state index in [1.807, 2.05) is 0 Å². The van der Waals surface area contributed by atoms with Crippen LogP contribution in [-0.4, -0.2) is 38.2 Å². The number of sulfonamides is 1. The van der Waals surface area contributed by atoms with Gasteiger partial charge in [-0.1, -0.05) is 13.8 Å². The molecule has 0 aromatic rings. The molecule has 1 fully saturated rings. The molecule has 0 N–H and O–H groups in total. The Bertz CT molecular complexity index is 398. The summed E-state index contributed by atoms with van der Waals surface area (Å²) in [5, 5.41) is 0. The van der Waals surface area contributed by atoms with Crippen molar-refractivity contribution in [3.8, 4) is 0 Å². The van der Waals surface area contributed by atoms with E-state index in [-0.39, 0.29) is 12.5 Å². The number of alkyl halides is 3. The molecule has 0 aromatic heterocycles. The summed E-state index contributed by atoms with van der Waals surface area (Å²) in [7, 11) is -3.81. The Labute approximate surface area is 119 Å². The lowest BCUT2D eigenvalue weighted by Crippen LogP contribution is -2.42. The number of hydrogen-bond donors (Lipinski definition) is 0. The third-order valence-corrected chi connectivity index (χ3v) is 5.34. The molecule has 20 heavy (non-hydrogen) atoms. The van der Waals surface area contributed by atoms with Crippen LogP contribution in [0.2, 0.25) is 0 Å². The summed E-state index contributed by atoms with van der Waals surface area (Å²) in [6.45, 7) is 2.91. The Morgan fingerprint density at radius 3 is 2.00 bits per heavy atom. The highest BCUT2D eigenvalue weighted by atomic mass is 32.2. The molecule has 0 unspecified atom stereocenters. The summed E-state index contributed by atoms with van der Waals surface area (Å²) >= 11 is 0. The van der Waals surface area contributed by atoms with Crippen molar-refractivity contribution in [2.24, 2.45) is 17.8 Å². The van der Waals surface area contributed by atoms with Gasteiger partial charge in [-0.25, -0.2) is 8.42 Å². The van der Waals surface area contributed by atoms with Gasteiger partial charge in [-0.2, -0.15) is 17.5 Å². The molecule has 0 amide bonds. The monoisotopic (exact) mass is 315 g/mol. The zero-order valence-corrected chi connectivity index (χ0v) is 13.1. The number of hydrogen-bond acceptors (Lipinski definition) is 2. The zero-order valence-electron chi connectivity index (χ0n) is 12.3. The van der Waals surface area contributed by atoms with Crippen molar-refractivity contribution in [1.82, 2.24) is 4.31 Å². The van der Waals surface area contributed by atoms with Crippen molar-refractivity contribution in [3.05, 3.63) is 0 Å². The molecule has 1 aliphatic carbocycles. The van der Waals surface area contributed by atoms with E-state index in [0.29, 0.717) is 16.1 Å². The number of nitrogens with zero attached hydrogens (tertiary/aromatic N) is 1. The average Bonchev–Trinajstić information content (AvgIpc) is 2.25. The van der Waals surface area contributed by atoms with Crippen LogP contribution in [0.3, 0.4) is 0 Å². The minimum atomic E-state index is -4.49. The summed E-state index contributed by atoms with van der Waals surface area (Å²) in [6, 6.07) is 0. The maximum absolute atomic E-state index is 12.5. The molecule has 0 saturated heterocycles. The minimum absolute atomic E-state index is 0.0108. The largest absolute Gasteiger partial charge is 0.402 e. The van der Waals surface area contributed by atoms with Crippen molar-refractivity contribution in [3.63, 3.8) is 0 Å². The van der Waals surface area contributed by atoms with Gasteiger partial charge in [0.25, 0.3) is 0 Å². The third-order valence-electron chi connectivity index (χ3n) is 4.12. The second kappa shape index (κ2) is 6.64. The first-order valence-electron chi connectivity index (χ1n) is 7.01. The van der Waals surface area contributed by atoms with Gasteiger partial charge in [0.2, 0.25) is 10.0 Å². The lowest BCUT2D eigenvalue weighted by Gasteiger charge is -2.33. The van der Waals surface area contributed by atoms with E-state index in [2.05, 4.69) is 13.8 Å². The van der Waals surface area contributed by atoms with Crippen molar-refractivity contribution in [2.45, 2.75) is 45.7 Å². The molecule has 0 bridgehead atoms. The molecule has 1 aliphatic rings. The standard InChI is InChI=1S/C13H24F3NO2S/c1-10(2)12-6-4-11(5-7-12)8-17(20(3,18)19)9-13(14,15)16/h10-12H,4-9H2,1-3H3. The Hall–Kier alpha value is -0.300. The Kier molecular flexibility index (Phi) is 5.89. The lowest BCUT2D eigenvalue weighted by atomic mass is 9.77. The van der Waals surface area contributed by atoms with Gasteiger partial charge >= 0.3 is 6.18 Å². The molecule has 0 spiro atoms. The van der Waals surface area contributed by atoms with Gasteiger partial charge in [-0.15, -0.1) is 0 Å². The molecule has 1 rings (SSSR count). The highest BCUT2D eigenvalue weighted by Crippen LogP contribution is 2.34. The van der Waals surface area contributed by atoms with Crippen LogP contribution >= 0.6 is 0 Å². The van der Waals surface area contributed by atoms with Crippen LogP contribution in [0.4, 0.5) is 13.2 Å². The van der Waals surface area contributed by atoms with Crippen molar-refractivity contribution in [1.29, 1.82) is 0 Å². The normalized spacial score (nSPS) is 25.4. The maximum atomic E-state index is 12.5. The van der Waals surface area contributed by atoms with E-state index < -0.39 is 22.7 Å². The Balaban J connectivity index is 2.60. The zero-order chi connectivity index (χ0) is 15.6. The van der Waals surface area contributed by atoms with E-state index in [0.717, 1.165) is 31.9 Å². The van der Waals surface area contributed by atoms with E-state index in [9.17, 15) is 21.6 Å². The van der Waals surface area contributed by atoms with Gasteiger partial charge in [-0.3, -0.25) is 0 Å². The van der Waals surface area contributed by atoms with Crippen molar-refractivity contribution >= 4 is 10.0 Å². The van der Waals surface area contributed by atoms with Gasteiger partial charge in [0.15, 0.2) is 0 Å². The summed E-state index contributed by atoms with van der Waals surface area (Å²) in [5.74, 6) is 1.24. The van der Waals surface area contributed by atoms with Crippen LogP contribution in [0.5, 0.6) is 0 Å². The molecule has 3 nitrogen and oxygen atoms in total. The third kappa shape index (κ3) is 5.99. The molecule has 1 saturated carbocycles. The first kappa shape index (κ1) is 17.8. The summed E-state index contributed by atoms with van der Waals surface area (Å²) < 4.78 is 60.9. The minimum Gasteiger partial charge on any atom is -0.213 e. The van der Waals surface area contributed by atoms with Gasteiger partial charge < -0.3 is 0 Å². The molecule has 0 aliphatic heterocycles. The van der Waals surface area contributed by atoms with Crippen LogP contribution in [0.25, 0.3) is 0 Å². The predicted molar refractivity (Wildman–Crippen MR) is 72.8 cm³/mol. The van der Waals surface area contributed by atoms with Gasteiger partial charge in [-0.05, 0) is 43.4 Å². The van der Waals surface area contributed by atoms with E-state index in [1.165, 1.54) is 0 Å². The van der Waals surface area contributed by atoms with E-state index in [1.54, 1.807) is 0 Å².